The number of hydrogen-bond acceptors (Lipinski definition) is 3. The number of aryl methyl sites for hydroxylation is 1. The van der Waals surface area contributed by atoms with Crippen molar-refractivity contribution in [3.63, 3.8) is 0 Å². The minimum absolute atomic E-state index is 0. The van der Waals surface area contributed by atoms with E-state index in [4.69, 9.17) is 5.73 Å². The lowest BCUT2D eigenvalue weighted by Gasteiger charge is -2.11. The number of nitrogens with zero attached hydrogens (tertiary/aromatic N) is 2. The first-order chi connectivity index (χ1) is 9.29. The monoisotopic (exact) mass is 317 g/mol. The van der Waals surface area contributed by atoms with Crippen molar-refractivity contribution in [2.75, 3.05) is 0 Å². The first-order valence-electron chi connectivity index (χ1n) is 6.05. The molecule has 3 nitrogen and oxygen atoms in total. The van der Waals surface area contributed by atoms with Gasteiger partial charge in [0.1, 0.15) is 5.69 Å². The van der Waals surface area contributed by atoms with E-state index >= 15 is 0 Å². The molecule has 114 valence electrons. The van der Waals surface area contributed by atoms with E-state index in [1.807, 2.05) is 6.92 Å². The van der Waals surface area contributed by atoms with Crippen LogP contribution in [0.1, 0.15) is 29.9 Å². The maximum absolute atomic E-state index is 12.7. The third-order valence-corrected chi connectivity index (χ3v) is 2.96. The molecule has 2 N–H and O–H groups in total. The third kappa shape index (κ3) is 3.92. The van der Waals surface area contributed by atoms with Crippen LogP contribution in [0.5, 0.6) is 0 Å². The Hall–Kier alpha value is -1.66. The molecule has 0 unspecified atom stereocenters. The van der Waals surface area contributed by atoms with E-state index in [0.29, 0.717) is 16.8 Å². The van der Waals surface area contributed by atoms with Gasteiger partial charge in [-0.05, 0) is 43.2 Å². The van der Waals surface area contributed by atoms with Crippen LogP contribution >= 0.6 is 12.4 Å². The SMILES string of the molecule is Cc1cc([C@H](C)N)ncc1-c1ccnc(C(F)(F)F)c1.Cl. The Balaban J connectivity index is 0.00000220. The largest absolute Gasteiger partial charge is 0.433 e. The average molecular weight is 318 g/mol. The molecule has 2 aromatic heterocycles. The molecule has 0 aliphatic heterocycles. The van der Waals surface area contributed by atoms with E-state index in [9.17, 15) is 13.2 Å². The number of hydrogen-bond donors (Lipinski definition) is 1. The van der Waals surface area contributed by atoms with Crippen LogP contribution in [0.3, 0.4) is 0 Å². The molecule has 2 aromatic rings. The third-order valence-electron chi connectivity index (χ3n) is 2.96. The molecular weight excluding hydrogens is 303 g/mol. The zero-order valence-corrected chi connectivity index (χ0v) is 12.3. The summed E-state index contributed by atoms with van der Waals surface area (Å²) in [5.74, 6) is 0. The van der Waals surface area contributed by atoms with Crippen molar-refractivity contribution in [1.29, 1.82) is 0 Å². The van der Waals surface area contributed by atoms with Crippen LogP contribution in [0.4, 0.5) is 13.2 Å². The second kappa shape index (κ2) is 6.41. The van der Waals surface area contributed by atoms with Crippen molar-refractivity contribution >= 4 is 12.4 Å². The Bertz CT molecular complexity index is 627. The highest BCUT2D eigenvalue weighted by Gasteiger charge is 2.32. The molecule has 0 saturated heterocycles. The van der Waals surface area contributed by atoms with Gasteiger partial charge in [-0.25, -0.2) is 0 Å². The Morgan fingerprint density at radius 1 is 1.19 bits per heavy atom. The summed E-state index contributed by atoms with van der Waals surface area (Å²) in [6.45, 7) is 3.62. The highest BCUT2D eigenvalue weighted by Crippen LogP contribution is 2.31. The molecule has 0 fully saturated rings. The molecule has 0 aliphatic carbocycles. The average Bonchev–Trinajstić information content (AvgIpc) is 2.37. The zero-order valence-electron chi connectivity index (χ0n) is 11.5. The Kier molecular flexibility index (Phi) is 5.31. The maximum atomic E-state index is 12.7. The van der Waals surface area contributed by atoms with E-state index < -0.39 is 11.9 Å². The summed E-state index contributed by atoms with van der Waals surface area (Å²) >= 11 is 0. The first kappa shape index (κ1) is 17.4. The van der Waals surface area contributed by atoms with Gasteiger partial charge in [-0.2, -0.15) is 13.2 Å². The molecule has 2 rings (SSSR count). The van der Waals surface area contributed by atoms with E-state index in [1.54, 1.807) is 19.2 Å². The van der Waals surface area contributed by atoms with Crippen molar-refractivity contribution in [2.45, 2.75) is 26.1 Å². The van der Waals surface area contributed by atoms with E-state index in [0.717, 1.165) is 17.8 Å². The summed E-state index contributed by atoms with van der Waals surface area (Å²) in [7, 11) is 0. The zero-order chi connectivity index (χ0) is 14.9. The number of halogens is 4. The predicted octanol–water partition coefficient (Wildman–Crippen LogP) is 3.91. The van der Waals surface area contributed by atoms with E-state index in [2.05, 4.69) is 9.97 Å². The highest BCUT2D eigenvalue weighted by molar-refractivity contribution is 5.85. The molecule has 0 spiro atoms. The number of alkyl halides is 3. The van der Waals surface area contributed by atoms with Crippen LogP contribution < -0.4 is 5.73 Å². The molecule has 0 aromatic carbocycles. The van der Waals surface area contributed by atoms with Crippen LogP contribution in [0, 0.1) is 6.92 Å². The van der Waals surface area contributed by atoms with Crippen molar-refractivity contribution in [1.82, 2.24) is 9.97 Å². The Morgan fingerprint density at radius 2 is 1.86 bits per heavy atom. The molecule has 0 aliphatic rings. The van der Waals surface area contributed by atoms with Gasteiger partial charge in [-0.15, -0.1) is 12.4 Å². The van der Waals surface area contributed by atoms with E-state index in [1.165, 1.54) is 6.07 Å². The van der Waals surface area contributed by atoms with Crippen molar-refractivity contribution in [2.24, 2.45) is 5.73 Å². The molecular formula is C14H15ClF3N3. The van der Waals surface area contributed by atoms with Crippen molar-refractivity contribution in [3.05, 3.63) is 47.5 Å². The van der Waals surface area contributed by atoms with Gasteiger partial charge in [0.05, 0.1) is 5.69 Å². The number of pyridine rings is 2. The molecule has 0 saturated carbocycles. The van der Waals surface area contributed by atoms with Crippen molar-refractivity contribution < 1.29 is 13.2 Å². The minimum atomic E-state index is -4.46. The predicted molar refractivity (Wildman–Crippen MR) is 77.1 cm³/mol. The molecule has 0 radical (unpaired) electrons. The number of nitrogens with two attached hydrogens (primary N) is 1. The lowest BCUT2D eigenvalue weighted by atomic mass is 10.0. The molecule has 0 amide bonds. The van der Waals surface area contributed by atoms with Gasteiger partial charge < -0.3 is 5.73 Å². The van der Waals surface area contributed by atoms with Gasteiger partial charge in [-0.3, -0.25) is 9.97 Å². The van der Waals surface area contributed by atoms with Crippen LogP contribution in [0.25, 0.3) is 11.1 Å². The number of rotatable bonds is 2. The fourth-order valence-electron chi connectivity index (χ4n) is 1.88. The molecule has 0 bridgehead atoms. The molecule has 1 atom stereocenters. The molecule has 7 heteroatoms. The second-order valence-electron chi connectivity index (χ2n) is 4.64. The first-order valence-corrected chi connectivity index (χ1v) is 6.05. The smallest absolute Gasteiger partial charge is 0.323 e. The molecule has 2 heterocycles. The fraction of sp³-hybridized carbons (Fsp3) is 0.286. The quantitative estimate of drug-likeness (QED) is 0.913. The highest BCUT2D eigenvalue weighted by atomic mass is 35.5. The van der Waals surface area contributed by atoms with E-state index in [-0.39, 0.29) is 18.4 Å². The van der Waals surface area contributed by atoms with Crippen LogP contribution in [-0.2, 0) is 6.18 Å². The summed E-state index contributed by atoms with van der Waals surface area (Å²) < 4.78 is 38.0. The summed E-state index contributed by atoms with van der Waals surface area (Å²) in [6, 6.07) is 4.12. The van der Waals surface area contributed by atoms with Gasteiger partial charge in [0.2, 0.25) is 0 Å². The van der Waals surface area contributed by atoms with Gasteiger partial charge in [0.25, 0.3) is 0 Å². The molecule has 21 heavy (non-hydrogen) atoms. The van der Waals surface area contributed by atoms with Gasteiger partial charge in [0, 0.05) is 24.0 Å². The lowest BCUT2D eigenvalue weighted by molar-refractivity contribution is -0.141. The summed E-state index contributed by atoms with van der Waals surface area (Å²) in [5.41, 5.74) is 7.43. The normalized spacial score (nSPS) is 12.7. The lowest BCUT2D eigenvalue weighted by Crippen LogP contribution is -2.09. The summed E-state index contributed by atoms with van der Waals surface area (Å²) in [6.07, 6.45) is -1.76. The summed E-state index contributed by atoms with van der Waals surface area (Å²) in [4.78, 5) is 7.53. The van der Waals surface area contributed by atoms with Crippen LogP contribution in [-0.4, -0.2) is 9.97 Å². The Labute approximate surface area is 126 Å². The topological polar surface area (TPSA) is 51.8 Å². The second-order valence-corrected chi connectivity index (χ2v) is 4.64. The van der Waals surface area contributed by atoms with Crippen LogP contribution in [0.15, 0.2) is 30.6 Å². The van der Waals surface area contributed by atoms with Gasteiger partial charge in [0.15, 0.2) is 0 Å². The van der Waals surface area contributed by atoms with Crippen molar-refractivity contribution in [3.8, 4) is 11.1 Å². The fourth-order valence-corrected chi connectivity index (χ4v) is 1.88. The Morgan fingerprint density at radius 3 is 2.38 bits per heavy atom. The summed E-state index contributed by atoms with van der Waals surface area (Å²) in [5, 5.41) is 0. The van der Waals surface area contributed by atoms with Crippen LogP contribution in [0.2, 0.25) is 0 Å². The van der Waals surface area contributed by atoms with Gasteiger partial charge >= 0.3 is 6.18 Å². The standard InChI is InChI=1S/C14H14F3N3.ClH/c1-8-5-12(9(2)18)20-7-11(8)10-3-4-19-13(6-10)14(15,16)17;/h3-7,9H,18H2,1-2H3;1H/t9-;/m0./s1. The number of aromatic nitrogens is 2. The minimum Gasteiger partial charge on any atom is -0.323 e. The van der Waals surface area contributed by atoms with Gasteiger partial charge in [-0.1, -0.05) is 0 Å². The maximum Gasteiger partial charge on any atom is 0.433 e.